The Balaban J connectivity index is 2.25. The van der Waals surface area contributed by atoms with Gasteiger partial charge in [-0.3, -0.25) is 0 Å². The molecule has 0 fully saturated rings. The van der Waals surface area contributed by atoms with Gasteiger partial charge in [0.15, 0.2) is 0 Å². The van der Waals surface area contributed by atoms with Crippen molar-refractivity contribution in [3.8, 4) is 0 Å². The van der Waals surface area contributed by atoms with E-state index in [-0.39, 0.29) is 0 Å². The summed E-state index contributed by atoms with van der Waals surface area (Å²) >= 11 is 0. The van der Waals surface area contributed by atoms with Gasteiger partial charge in [0, 0.05) is 6.20 Å². The molecule has 0 aliphatic carbocycles. The highest BCUT2D eigenvalue weighted by Gasteiger charge is 1.98. The van der Waals surface area contributed by atoms with Gasteiger partial charge in [-0.2, -0.15) is 0 Å². The highest BCUT2D eigenvalue weighted by atomic mass is 15.1. The van der Waals surface area contributed by atoms with Crippen LogP contribution in [-0.2, 0) is 0 Å². The monoisotopic (exact) mass is 192 g/mol. The SMILES string of the molecule is C=C(/C=C\C1=CNCN1)CCC(C)C. The van der Waals surface area contributed by atoms with Crippen LogP contribution in [0.2, 0.25) is 0 Å². The molecule has 2 heteroatoms. The van der Waals surface area contributed by atoms with Crippen molar-refractivity contribution in [2.45, 2.75) is 26.7 Å². The first-order valence-electron chi connectivity index (χ1n) is 5.22. The molecule has 0 bridgehead atoms. The molecule has 0 atom stereocenters. The summed E-state index contributed by atoms with van der Waals surface area (Å²) in [5, 5.41) is 6.29. The predicted octanol–water partition coefficient (Wildman–Crippen LogP) is 2.53. The second-order valence-corrected chi connectivity index (χ2v) is 4.08. The molecule has 1 aliphatic heterocycles. The molecule has 14 heavy (non-hydrogen) atoms. The van der Waals surface area contributed by atoms with E-state index in [1.807, 2.05) is 6.20 Å². The third kappa shape index (κ3) is 4.17. The minimum atomic E-state index is 0.755. The highest BCUT2D eigenvalue weighted by Crippen LogP contribution is 2.11. The van der Waals surface area contributed by atoms with Gasteiger partial charge in [0.2, 0.25) is 0 Å². The van der Waals surface area contributed by atoms with E-state index in [0.717, 1.165) is 24.7 Å². The summed E-state index contributed by atoms with van der Waals surface area (Å²) in [6.07, 6.45) is 8.45. The van der Waals surface area contributed by atoms with E-state index in [1.165, 1.54) is 12.0 Å². The summed E-state index contributed by atoms with van der Waals surface area (Å²) < 4.78 is 0. The van der Waals surface area contributed by atoms with E-state index in [9.17, 15) is 0 Å². The number of allylic oxidation sites excluding steroid dienone is 3. The Morgan fingerprint density at radius 3 is 3.00 bits per heavy atom. The fourth-order valence-electron chi connectivity index (χ4n) is 1.24. The van der Waals surface area contributed by atoms with Gasteiger partial charge in [-0.15, -0.1) is 0 Å². The Morgan fingerprint density at radius 2 is 2.43 bits per heavy atom. The summed E-state index contributed by atoms with van der Waals surface area (Å²) in [6.45, 7) is 9.33. The molecule has 1 heterocycles. The molecule has 0 aromatic rings. The van der Waals surface area contributed by atoms with E-state index in [0.29, 0.717) is 0 Å². The van der Waals surface area contributed by atoms with Crippen molar-refractivity contribution in [3.63, 3.8) is 0 Å². The number of hydrogen-bond donors (Lipinski definition) is 2. The number of nitrogens with one attached hydrogen (secondary N) is 2. The van der Waals surface area contributed by atoms with Crippen LogP contribution in [0.3, 0.4) is 0 Å². The van der Waals surface area contributed by atoms with Crippen LogP contribution in [0.1, 0.15) is 26.7 Å². The molecule has 0 saturated carbocycles. The zero-order valence-corrected chi connectivity index (χ0v) is 9.14. The van der Waals surface area contributed by atoms with Crippen LogP contribution < -0.4 is 10.6 Å². The molecule has 0 aromatic heterocycles. The molecule has 0 aromatic carbocycles. The molecule has 2 nitrogen and oxygen atoms in total. The fraction of sp³-hybridized carbons (Fsp3) is 0.500. The summed E-state index contributed by atoms with van der Waals surface area (Å²) in [6, 6.07) is 0. The van der Waals surface area contributed by atoms with Crippen molar-refractivity contribution in [1.82, 2.24) is 10.6 Å². The van der Waals surface area contributed by atoms with Crippen molar-refractivity contribution < 1.29 is 0 Å². The average molecular weight is 192 g/mol. The van der Waals surface area contributed by atoms with Crippen LogP contribution in [0.4, 0.5) is 0 Å². The van der Waals surface area contributed by atoms with Crippen molar-refractivity contribution in [1.29, 1.82) is 0 Å². The molecule has 0 radical (unpaired) electrons. The van der Waals surface area contributed by atoms with Gasteiger partial charge in [-0.25, -0.2) is 0 Å². The summed E-state index contributed by atoms with van der Waals surface area (Å²) in [5.41, 5.74) is 2.34. The van der Waals surface area contributed by atoms with Crippen LogP contribution in [0.15, 0.2) is 36.2 Å². The normalized spacial score (nSPS) is 15.5. The zero-order valence-electron chi connectivity index (χ0n) is 9.14. The molecule has 1 rings (SSSR count). The van der Waals surface area contributed by atoms with Crippen LogP contribution >= 0.6 is 0 Å². The molecular formula is C12H20N2. The maximum absolute atomic E-state index is 4.03. The Labute approximate surface area is 86.8 Å². The van der Waals surface area contributed by atoms with E-state index < -0.39 is 0 Å². The maximum Gasteiger partial charge on any atom is 0.0845 e. The molecule has 0 unspecified atom stereocenters. The van der Waals surface area contributed by atoms with Gasteiger partial charge in [0.1, 0.15) is 0 Å². The second-order valence-electron chi connectivity index (χ2n) is 4.08. The molecule has 78 valence electrons. The number of rotatable bonds is 5. The van der Waals surface area contributed by atoms with Crippen LogP contribution in [-0.4, -0.2) is 6.67 Å². The van der Waals surface area contributed by atoms with Gasteiger partial charge in [-0.1, -0.05) is 32.1 Å². The van der Waals surface area contributed by atoms with Crippen LogP contribution in [0.25, 0.3) is 0 Å². The Hall–Kier alpha value is -1.18. The van der Waals surface area contributed by atoms with E-state index >= 15 is 0 Å². The Bertz CT molecular complexity index is 249. The molecule has 0 saturated heterocycles. The Morgan fingerprint density at radius 1 is 1.64 bits per heavy atom. The van der Waals surface area contributed by atoms with Gasteiger partial charge in [-0.05, 0) is 24.8 Å². The number of hydrogen-bond acceptors (Lipinski definition) is 2. The zero-order chi connectivity index (χ0) is 10.4. The molecule has 0 amide bonds. The lowest BCUT2D eigenvalue weighted by atomic mass is 10.0. The lowest BCUT2D eigenvalue weighted by Gasteiger charge is -2.03. The van der Waals surface area contributed by atoms with Gasteiger partial charge in [0.05, 0.1) is 12.4 Å². The smallest absolute Gasteiger partial charge is 0.0845 e. The lowest BCUT2D eigenvalue weighted by molar-refractivity contribution is 0.588. The average Bonchev–Trinajstić information content (AvgIpc) is 2.63. The van der Waals surface area contributed by atoms with Crippen LogP contribution in [0.5, 0.6) is 0 Å². The van der Waals surface area contributed by atoms with E-state index in [1.54, 1.807) is 0 Å². The Kier molecular flexibility index (Phi) is 4.30. The first kappa shape index (κ1) is 10.9. The van der Waals surface area contributed by atoms with Crippen molar-refractivity contribution in [2.75, 3.05) is 6.67 Å². The maximum atomic E-state index is 4.03. The largest absolute Gasteiger partial charge is 0.372 e. The standard InChI is InChI=1S/C12H20N2/c1-10(2)4-5-11(3)6-7-12-8-13-9-14-12/h6-8,10,13-14H,3-5,9H2,1-2H3/b7-6-. The van der Waals surface area contributed by atoms with E-state index in [4.69, 9.17) is 0 Å². The topological polar surface area (TPSA) is 24.1 Å². The van der Waals surface area contributed by atoms with Crippen molar-refractivity contribution in [3.05, 3.63) is 36.2 Å². The molecule has 1 aliphatic rings. The highest BCUT2D eigenvalue weighted by molar-refractivity contribution is 5.26. The van der Waals surface area contributed by atoms with Crippen molar-refractivity contribution in [2.24, 2.45) is 5.92 Å². The lowest BCUT2D eigenvalue weighted by Crippen LogP contribution is -2.13. The minimum Gasteiger partial charge on any atom is -0.372 e. The first-order chi connectivity index (χ1) is 6.68. The minimum absolute atomic E-state index is 0.755. The summed E-state index contributed by atoms with van der Waals surface area (Å²) in [5.74, 6) is 0.755. The van der Waals surface area contributed by atoms with Gasteiger partial charge >= 0.3 is 0 Å². The molecular weight excluding hydrogens is 172 g/mol. The van der Waals surface area contributed by atoms with E-state index in [2.05, 4.69) is 43.2 Å². The van der Waals surface area contributed by atoms with Crippen molar-refractivity contribution >= 4 is 0 Å². The quantitative estimate of drug-likeness (QED) is 0.654. The third-order valence-corrected chi connectivity index (χ3v) is 2.19. The summed E-state index contributed by atoms with van der Waals surface area (Å²) in [7, 11) is 0. The fourth-order valence-corrected chi connectivity index (χ4v) is 1.24. The first-order valence-corrected chi connectivity index (χ1v) is 5.22. The predicted molar refractivity (Wildman–Crippen MR) is 61.6 cm³/mol. The molecule has 0 spiro atoms. The second kappa shape index (κ2) is 5.53. The van der Waals surface area contributed by atoms with Gasteiger partial charge < -0.3 is 10.6 Å². The summed E-state index contributed by atoms with van der Waals surface area (Å²) in [4.78, 5) is 0. The third-order valence-electron chi connectivity index (χ3n) is 2.19. The molecule has 2 N–H and O–H groups in total. The van der Waals surface area contributed by atoms with Gasteiger partial charge in [0.25, 0.3) is 0 Å². The van der Waals surface area contributed by atoms with Crippen LogP contribution in [0, 0.1) is 5.92 Å².